The summed E-state index contributed by atoms with van der Waals surface area (Å²) in [5.41, 5.74) is 1.41. The Bertz CT molecular complexity index is 308. The zero-order chi connectivity index (χ0) is 9.84. The van der Waals surface area contributed by atoms with Gasteiger partial charge < -0.3 is 5.32 Å². The largest absolute Gasteiger partial charge is 0.350 e. The summed E-state index contributed by atoms with van der Waals surface area (Å²) in [6, 6.07) is 3.70. The summed E-state index contributed by atoms with van der Waals surface area (Å²) in [6.45, 7) is 5.70. The van der Waals surface area contributed by atoms with Gasteiger partial charge >= 0.3 is 0 Å². The zero-order valence-electron chi connectivity index (χ0n) is 8.16. The number of rotatable bonds is 2. The molecule has 0 spiro atoms. The van der Waals surface area contributed by atoms with Crippen LogP contribution in [0.4, 0.5) is 0 Å². The molecule has 0 bridgehead atoms. The van der Waals surface area contributed by atoms with Crippen LogP contribution in [0, 0.1) is 6.92 Å². The predicted octanol–water partition coefficient (Wildman–Crippen LogP) is 1.53. The number of aromatic nitrogens is 1. The molecule has 3 heteroatoms. The van der Waals surface area contributed by atoms with E-state index >= 15 is 0 Å². The highest BCUT2D eigenvalue weighted by Gasteiger charge is 2.09. The standard InChI is InChI=1S/C10H14N2O/c1-7(2)12-10(13)9-5-4-6-11-8(9)3/h4-7H,1-3H3,(H,12,13). The molecule has 1 amide bonds. The molecule has 1 aromatic rings. The van der Waals surface area contributed by atoms with E-state index < -0.39 is 0 Å². The smallest absolute Gasteiger partial charge is 0.253 e. The zero-order valence-corrected chi connectivity index (χ0v) is 8.16. The Balaban J connectivity index is 2.83. The molecule has 0 aromatic carbocycles. The first-order valence-corrected chi connectivity index (χ1v) is 4.33. The Hall–Kier alpha value is -1.38. The van der Waals surface area contributed by atoms with Crippen molar-refractivity contribution in [3.8, 4) is 0 Å². The van der Waals surface area contributed by atoms with Crippen molar-refractivity contribution in [2.24, 2.45) is 0 Å². The third-order valence-electron chi connectivity index (χ3n) is 1.67. The number of carbonyl (C=O) groups is 1. The normalized spacial score (nSPS) is 10.2. The maximum atomic E-state index is 11.5. The second-order valence-electron chi connectivity index (χ2n) is 3.26. The van der Waals surface area contributed by atoms with E-state index in [9.17, 15) is 4.79 Å². The molecule has 0 aliphatic carbocycles. The van der Waals surface area contributed by atoms with Crippen molar-refractivity contribution in [1.29, 1.82) is 0 Å². The van der Waals surface area contributed by atoms with Crippen molar-refractivity contribution in [3.05, 3.63) is 29.6 Å². The van der Waals surface area contributed by atoms with Crippen molar-refractivity contribution < 1.29 is 4.79 Å². The highest BCUT2D eigenvalue weighted by Crippen LogP contribution is 2.03. The van der Waals surface area contributed by atoms with E-state index in [1.54, 1.807) is 18.3 Å². The van der Waals surface area contributed by atoms with Crippen molar-refractivity contribution in [3.63, 3.8) is 0 Å². The summed E-state index contributed by atoms with van der Waals surface area (Å²) in [6.07, 6.45) is 1.68. The Kier molecular flexibility index (Phi) is 3.01. The number of nitrogens with zero attached hydrogens (tertiary/aromatic N) is 1. The van der Waals surface area contributed by atoms with Gasteiger partial charge in [-0.25, -0.2) is 0 Å². The minimum atomic E-state index is -0.0550. The van der Waals surface area contributed by atoms with Gasteiger partial charge in [-0.3, -0.25) is 9.78 Å². The molecule has 0 fully saturated rings. The highest BCUT2D eigenvalue weighted by molar-refractivity contribution is 5.95. The molecule has 1 rings (SSSR count). The van der Waals surface area contributed by atoms with Crippen LogP contribution in [0.2, 0.25) is 0 Å². The number of nitrogens with one attached hydrogen (secondary N) is 1. The monoisotopic (exact) mass is 178 g/mol. The summed E-state index contributed by atoms with van der Waals surface area (Å²) < 4.78 is 0. The van der Waals surface area contributed by atoms with Gasteiger partial charge in [-0.15, -0.1) is 0 Å². The van der Waals surface area contributed by atoms with E-state index in [2.05, 4.69) is 10.3 Å². The van der Waals surface area contributed by atoms with Crippen LogP contribution in [0.15, 0.2) is 18.3 Å². The van der Waals surface area contributed by atoms with Gasteiger partial charge in [-0.2, -0.15) is 0 Å². The minimum Gasteiger partial charge on any atom is -0.350 e. The first kappa shape index (κ1) is 9.71. The molecule has 1 aromatic heterocycles. The van der Waals surface area contributed by atoms with Crippen molar-refractivity contribution >= 4 is 5.91 Å². The topological polar surface area (TPSA) is 42.0 Å². The first-order valence-electron chi connectivity index (χ1n) is 4.33. The Labute approximate surface area is 78.2 Å². The van der Waals surface area contributed by atoms with E-state index in [1.807, 2.05) is 20.8 Å². The average Bonchev–Trinajstić information content (AvgIpc) is 2.03. The van der Waals surface area contributed by atoms with E-state index in [4.69, 9.17) is 0 Å². The van der Waals surface area contributed by atoms with Gasteiger partial charge in [0.05, 0.1) is 5.56 Å². The molecule has 1 heterocycles. The van der Waals surface area contributed by atoms with Crippen LogP contribution >= 0.6 is 0 Å². The molecule has 1 N–H and O–H groups in total. The quantitative estimate of drug-likeness (QED) is 0.746. The van der Waals surface area contributed by atoms with Crippen LogP contribution in [0.3, 0.4) is 0 Å². The van der Waals surface area contributed by atoms with Crippen LogP contribution in [0.1, 0.15) is 29.9 Å². The van der Waals surface area contributed by atoms with Crippen LogP contribution in [-0.4, -0.2) is 16.9 Å². The van der Waals surface area contributed by atoms with Gasteiger partial charge in [0.15, 0.2) is 0 Å². The van der Waals surface area contributed by atoms with E-state index in [0.29, 0.717) is 5.56 Å². The van der Waals surface area contributed by atoms with Gasteiger partial charge in [0, 0.05) is 17.9 Å². The van der Waals surface area contributed by atoms with E-state index in [-0.39, 0.29) is 11.9 Å². The molecule has 0 saturated heterocycles. The summed E-state index contributed by atoms with van der Waals surface area (Å²) >= 11 is 0. The average molecular weight is 178 g/mol. The number of aryl methyl sites for hydroxylation is 1. The fourth-order valence-electron chi connectivity index (χ4n) is 1.06. The Morgan fingerprint density at radius 2 is 2.23 bits per heavy atom. The second-order valence-corrected chi connectivity index (χ2v) is 3.26. The summed E-state index contributed by atoms with van der Waals surface area (Å²) in [4.78, 5) is 15.6. The van der Waals surface area contributed by atoms with Crippen LogP contribution < -0.4 is 5.32 Å². The van der Waals surface area contributed by atoms with Crippen molar-refractivity contribution in [2.75, 3.05) is 0 Å². The highest BCUT2D eigenvalue weighted by atomic mass is 16.1. The third-order valence-corrected chi connectivity index (χ3v) is 1.67. The lowest BCUT2D eigenvalue weighted by molar-refractivity contribution is 0.0942. The van der Waals surface area contributed by atoms with E-state index in [0.717, 1.165) is 5.69 Å². The molecule has 0 aliphatic heterocycles. The summed E-state index contributed by atoms with van der Waals surface area (Å²) in [7, 11) is 0. The van der Waals surface area contributed by atoms with Gasteiger partial charge in [-0.05, 0) is 32.9 Å². The van der Waals surface area contributed by atoms with Gasteiger partial charge in [0.1, 0.15) is 0 Å². The molecule has 70 valence electrons. The number of hydrogen-bond donors (Lipinski definition) is 1. The number of amides is 1. The lowest BCUT2D eigenvalue weighted by Crippen LogP contribution is -2.30. The molecule has 0 aliphatic rings. The number of pyridine rings is 1. The van der Waals surface area contributed by atoms with E-state index in [1.165, 1.54) is 0 Å². The summed E-state index contributed by atoms with van der Waals surface area (Å²) in [5, 5.41) is 2.82. The number of hydrogen-bond acceptors (Lipinski definition) is 2. The van der Waals surface area contributed by atoms with Crippen LogP contribution in [0.25, 0.3) is 0 Å². The fraction of sp³-hybridized carbons (Fsp3) is 0.400. The molecule has 0 radical (unpaired) electrons. The second kappa shape index (κ2) is 4.03. The third kappa shape index (κ3) is 2.54. The van der Waals surface area contributed by atoms with Crippen LogP contribution in [0.5, 0.6) is 0 Å². The molecule has 0 unspecified atom stereocenters. The molecule has 13 heavy (non-hydrogen) atoms. The molecule has 0 saturated carbocycles. The molecule has 0 atom stereocenters. The maximum absolute atomic E-state index is 11.5. The molecular formula is C10H14N2O. The Morgan fingerprint density at radius 1 is 1.54 bits per heavy atom. The molecular weight excluding hydrogens is 164 g/mol. The predicted molar refractivity (Wildman–Crippen MR) is 51.6 cm³/mol. The molecule has 3 nitrogen and oxygen atoms in total. The van der Waals surface area contributed by atoms with Gasteiger partial charge in [0.2, 0.25) is 0 Å². The maximum Gasteiger partial charge on any atom is 0.253 e. The fourth-order valence-corrected chi connectivity index (χ4v) is 1.06. The Morgan fingerprint density at radius 3 is 2.77 bits per heavy atom. The minimum absolute atomic E-state index is 0.0550. The lowest BCUT2D eigenvalue weighted by atomic mass is 10.2. The van der Waals surface area contributed by atoms with Crippen molar-refractivity contribution in [1.82, 2.24) is 10.3 Å². The number of carbonyl (C=O) groups excluding carboxylic acids is 1. The summed E-state index contributed by atoms with van der Waals surface area (Å²) in [5.74, 6) is -0.0550. The van der Waals surface area contributed by atoms with Gasteiger partial charge in [-0.1, -0.05) is 0 Å². The van der Waals surface area contributed by atoms with Crippen molar-refractivity contribution in [2.45, 2.75) is 26.8 Å². The SMILES string of the molecule is Cc1ncccc1C(=O)NC(C)C. The van der Waals surface area contributed by atoms with Gasteiger partial charge in [0.25, 0.3) is 5.91 Å². The first-order chi connectivity index (χ1) is 6.11. The van der Waals surface area contributed by atoms with Crippen LogP contribution in [-0.2, 0) is 0 Å². The lowest BCUT2D eigenvalue weighted by Gasteiger charge is -2.09.